The molecule has 0 aromatic rings. The van der Waals surface area contributed by atoms with Gasteiger partial charge in [0.2, 0.25) is 0 Å². The van der Waals surface area contributed by atoms with E-state index in [1.54, 1.807) is 6.08 Å². The summed E-state index contributed by atoms with van der Waals surface area (Å²) in [4.78, 5) is 0. The fourth-order valence-corrected chi connectivity index (χ4v) is 0.583. The lowest BCUT2D eigenvalue weighted by atomic mass is 9.88. The highest BCUT2D eigenvalue weighted by molar-refractivity contribution is 5.98. The van der Waals surface area contributed by atoms with Crippen LogP contribution in [0.5, 0.6) is 0 Å². The summed E-state index contributed by atoms with van der Waals surface area (Å²) in [6.07, 6.45) is 1.70. The first-order valence-electron chi connectivity index (χ1n) is 4.00. The Bertz CT molecular complexity index is 153. The van der Waals surface area contributed by atoms with E-state index in [1.165, 1.54) is 0 Å². The third-order valence-electron chi connectivity index (χ3n) is 2.31. The average Bonchev–Trinajstić information content (AvgIpc) is 2.00. The molecule has 0 heterocycles. The van der Waals surface area contributed by atoms with Crippen molar-refractivity contribution >= 4 is 8.05 Å². The molecule has 0 aliphatic heterocycles. The molecule has 0 N–H and O–H groups in total. The number of rotatable bonds is 5. The van der Waals surface area contributed by atoms with Crippen LogP contribution in [0, 0.1) is 0 Å². The van der Waals surface area contributed by atoms with Crippen molar-refractivity contribution in [3.63, 3.8) is 0 Å². The second-order valence-corrected chi connectivity index (χ2v) is 3.74. The van der Waals surface area contributed by atoms with Crippen molar-refractivity contribution < 1.29 is 9.39 Å². The highest BCUT2D eigenvalue weighted by Gasteiger charge is 2.37. The van der Waals surface area contributed by atoms with Crippen molar-refractivity contribution in [1.29, 1.82) is 0 Å². The van der Waals surface area contributed by atoms with E-state index in [-0.39, 0.29) is 0 Å². The Hall–Kier alpha value is -0.275. The molecule has 3 heteroatoms. The smallest absolute Gasteiger partial charge is 0.283 e. The van der Waals surface area contributed by atoms with Gasteiger partial charge < -0.3 is 9.39 Å². The third-order valence-corrected chi connectivity index (χ3v) is 2.31. The number of ether oxygens (including phenoxy) is 1. The highest BCUT2D eigenvalue weighted by atomic mass is 16.5. The first kappa shape index (κ1) is 11.7. The van der Waals surface area contributed by atoms with Crippen LogP contribution in [0.25, 0.3) is 0 Å². The lowest BCUT2D eigenvalue weighted by Gasteiger charge is -2.40. The van der Waals surface area contributed by atoms with Crippen LogP contribution in [0.2, 0.25) is 0 Å². The quantitative estimate of drug-likeness (QED) is 0.460. The Kier molecular flexibility index (Phi) is 4.01. The van der Waals surface area contributed by atoms with Gasteiger partial charge in [0.15, 0.2) is 0 Å². The van der Waals surface area contributed by atoms with Crippen molar-refractivity contribution in [3.8, 4) is 0 Å². The zero-order chi connectivity index (χ0) is 9.83. The molecule has 2 nitrogen and oxygen atoms in total. The Morgan fingerprint density at radius 3 is 2.08 bits per heavy atom. The van der Waals surface area contributed by atoms with Gasteiger partial charge in [-0.05, 0) is 27.7 Å². The molecule has 0 aliphatic carbocycles. The van der Waals surface area contributed by atoms with E-state index in [4.69, 9.17) is 17.4 Å². The molecule has 0 aromatic carbocycles. The average molecular weight is 168 g/mol. The molecule has 0 fully saturated rings. The summed E-state index contributed by atoms with van der Waals surface area (Å²) in [5.41, 5.74) is -0.925. The largest absolute Gasteiger partial charge is 0.440 e. The van der Waals surface area contributed by atoms with Crippen molar-refractivity contribution in [2.45, 2.75) is 38.9 Å². The van der Waals surface area contributed by atoms with Crippen LogP contribution < -0.4 is 0 Å². The van der Waals surface area contributed by atoms with Crippen LogP contribution in [0.4, 0.5) is 0 Å². The van der Waals surface area contributed by atoms with Crippen molar-refractivity contribution in [1.82, 2.24) is 0 Å². The van der Waals surface area contributed by atoms with Gasteiger partial charge in [-0.2, -0.15) is 0 Å². The molecule has 0 saturated carbocycles. The number of hydrogen-bond donors (Lipinski definition) is 0. The summed E-state index contributed by atoms with van der Waals surface area (Å²) in [6.45, 7) is 11.7. The first-order chi connectivity index (χ1) is 5.37. The highest BCUT2D eigenvalue weighted by Crippen LogP contribution is 2.27. The molecule has 0 atom stereocenters. The standard InChI is InChI=1S/C9H17BO2/c1-6-7-11-8(2,3)9(4,5)12-10/h6H,1,7H2,2-5H3. The molecule has 0 spiro atoms. The molecule has 0 saturated heterocycles. The zero-order valence-corrected chi connectivity index (χ0v) is 8.39. The minimum atomic E-state index is -0.504. The van der Waals surface area contributed by atoms with Crippen LogP contribution in [-0.4, -0.2) is 25.9 Å². The Morgan fingerprint density at radius 2 is 1.75 bits per heavy atom. The minimum absolute atomic E-state index is 0.421. The molecule has 0 unspecified atom stereocenters. The fraction of sp³-hybridized carbons (Fsp3) is 0.778. The molecule has 0 amide bonds. The second-order valence-electron chi connectivity index (χ2n) is 3.74. The summed E-state index contributed by atoms with van der Waals surface area (Å²) in [7, 11) is 5.16. The van der Waals surface area contributed by atoms with Crippen LogP contribution >= 0.6 is 0 Å². The van der Waals surface area contributed by atoms with E-state index in [1.807, 2.05) is 27.7 Å². The van der Waals surface area contributed by atoms with Crippen molar-refractivity contribution in [3.05, 3.63) is 12.7 Å². The van der Waals surface area contributed by atoms with Gasteiger partial charge in [0.1, 0.15) is 0 Å². The summed E-state index contributed by atoms with van der Waals surface area (Å²) in [5.74, 6) is 0. The lowest BCUT2D eigenvalue weighted by molar-refractivity contribution is -0.124. The van der Waals surface area contributed by atoms with Gasteiger partial charge in [-0.3, -0.25) is 0 Å². The van der Waals surface area contributed by atoms with E-state index in [2.05, 4.69) is 6.58 Å². The van der Waals surface area contributed by atoms with Crippen LogP contribution in [0.1, 0.15) is 27.7 Å². The van der Waals surface area contributed by atoms with E-state index >= 15 is 0 Å². The molecular formula is C9H17BO2. The van der Waals surface area contributed by atoms with Gasteiger partial charge in [-0.1, -0.05) is 6.08 Å². The maximum absolute atomic E-state index is 5.51. The Labute approximate surface area is 76.4 Å². The predicted molar refractivity (Wildman–Crippen MR) is 51.1 cm³/mol. The normalized spacial score (nSPS) is 13.0. The molecule has 0 rings (SSSR count). The monoisotopic (exact) mass is 168 g/mol. The lowest BCUT2D eigenvalue weighted by Crippen LogP contribution is -2.49. The maximum atomic E-state index is 5.51. The molecule has 0 bridgehead atoms. The maximum Gasteiger partial charge on any atom is 0.283 e. The predicted octanol–water partition coefficient (Wildman–Crippen LogP) is 1.85. The molecule has 0 aromatic heterocycles. The van der Waals surface area contributed by atoms with Gasteiger partial charge >= 0.3 is 0 Å². The van der Waals surface area contributed by atoms with Crippen LogP contribution in [-0.2, 0) is 9.39 Å². The van der Waals surface area contributed by atoms with Crippen molar-refractivity contribution in [2.75, 3.05) is 6.61 Å². The summed E-state index contributed by atoms with van der Waals surface area (Å²) >= 11 is 0. The van der Waals surface area contributed by atoms with Gasteiger partial charge in [-0.15, -0.1) is 6.58 Å². The van der Waals surface area contributed by atoms with Gasteiger partial charge in [0.05, 0.1) is 17.8 Å². The summed E-state index contributed by atoms with van der Waals surface area (Å²) in [6, 6.07) is 0. The van der Waals surface area contributed by atoms with Crippen LogP contribution in [0.15, 0.2) is 12.7 Å². The summed E-state index contributed by atoms with van der Waals surface area (Å²) < 4.78 is 10.4. The van der Waals surface area contributed by atoms with Crippen LogP contribution in [0.3, 0.4) is 0 Å². The zero-order valence-electron chi connectivity index (χ0n) is 8.39. The first-order valence-corrected chi connectivity index (χ1v) is 4.00. The SMILES string of the molecule is [B]OC(C)(C)C(C)(C)OCC=C. The second kappa shape index (κ2) is 4.10. The summed E-state index contributed by atoms with van der Waals surface area (Å²) in [5, 5.41) is 0. The van der Waals surface area contributed by atoms with Gasteiger partial charge in [-0.25, -0.2) is 0 Å². The van der Waals surface area contributed by atoms with E-state index in [0.29, 0.717) is 6.61 Å². The Balaban J connectivity index is 4.26. The third kappa shape index (κ3) is 2.65. The van der Waals surface area contributed by atoms with E-state index < -0.39 is 11.2 Å². The fourth-order valence-electron chi connectivity index (χ4n) is 0.583. The molecule has 68 valence electrons. The van der Waals surface area contributed by atoms with E-state index in [0.717, 1.165) is 0 Å². The minimum Gasteiger partial charge on any atom is -0.440 e. The topological polar surface area (TPSA) is 18.5 Å². The molecule has 12 heavy (non-hydrogen) atoms. The number of hydrogen-bond acceptors (Lipinski definition) is 2. The van der Waals surface area contributed by atoms with Gasteiger partial charge in [0, 0.05) is 0 Å². The van der Waals surface area contributed by atoms with E-state index in [9.17, 15) is 0 Å². The molecule has 0 aliphatic rings. The molecule has 2 radical (unpaired) electrons. The van der Waals surface area contributed by atoms with Crippen molar-refractivity contribution in [2.24, 2.45) is 0 Å². The molecular weight excluding hydrogens is 151 g/mol. The van der Waals surface area contributed by atoms with Gasteiger partial charge in [0.25, 0.3) is 8.05 Å². The Morgan fingerprint density at radius 1 is 1.25 bits per heavy atom.